The Bertz CT molecular complexity index is 972. The summed E-state index contributed by atoms with van der Waals surface area (Å²) in [7, 11) is -1.16. The van der Waals surface area contributed by atoms with Gasteiger partial charge in [-0.25, -0.2) is 15.0 Å². The number of imidazole rings is 1. The number of aromatic nitrogens is 4. The van der Waals surface area contributed by atoms with E-state index in [1.807, 2.05) is 42.1 Å². The molecule has 0 atom stereocenters. The maximum Gasteiger partial charge on any atom is 0.124 e. The van der Waals surface area contributed by atoms with Gasteiger partial charge >= 0.3 is 0 Å². The SMILES string of the molecule is CC(C)SCc1nc(-c2ccc(Cl)cc2)c(-c2ccncn2)n1COCC[Si](C)(C)C. The number of hydrogen-bond acceptors (Lipinski definition) is 5. The fraction of sp³-hybridized carbons (Fsp3) is 0.435. The molecule has 8 heteroatoms. The van der Waals surface area contributed by atoms with Crippen molar-refractivity contribution >= 4 is 31.4 Å². The highest BCUT2D eigenvalue weighted by molar-refractivity contribution is 7.99. The Morgan fingerprint density at radius 3 is 2.48 bits per heavy atom. The molecule has 3 rings (SSSR count). The van der Waals surface area contributed by atoms with E-state index in [1.165, 1.54) is 0 Å². The van der Waals surface area contributed by atoms with Gasteiger partial charge in [0.25, 0.3) is 0 Å². The summed E-state index contributed by atoms with van der Waals surface area (Å²) in [6.07, 6.45) is 3.34. The van der Waals surface area contributed by atoms with Gasteiger partial charge < -0.3 is 9.30 Å². The van der Waals surface area contributed by atoms with Gasteiger partial charge in [0.05, 0.1) is 22.8 Å². The molecule has 0 unspecified atom stereocenters. The van der Waals surface area contributed by atoms with Crippen molar-refractivity contribution < 1.29 is 4.74 Å². The third-order valence-electron chi connectivity index (χ3n) is 4.75. The molecule has 0 aliphatic carbocycles. The van der Waals surface area contributed by atoms with Crippen molar-refractivity contribution in [1.82, 2.24) is 19.5 Å². The van der Waals surface area contributed by atoms with Crippen LogP contribution in [0, 0.1) is 0 Å². The summed E-state index contributed by atoms with van der Waals surface area (Å²) in [5, 5.41) is 1.22. The molecular weight excluding hydrogens is 444 g/mol. The molecule has 31 heavy (non-hydrogen) atoms. The quantitative estimate of drug-likeness (QED) is 0.244. The lowest BCUT2D eigenvalue weighted by molar-refractivity contribution is 0.0867. The molecule has 0 fully saturated rings. The Balaban J connectivity index is 2.04. The highest BCUT2D eigenvalue weighted by Gasteiger charge is 2.22. The van der Waals surface area contributed by atoms with Gasteiger partial charge in [-0.3, -0.25) is 0 Å². The molecule has 0 aliphatic rings. The molecule has 2 aromatic heterocycles. The number of nitrogens with zero attached hydrogens (tertiary/aromatic N) is 4. The van der Waals surface area contributed by atoms with Crippen LogP contribution in [0.4, 0.5) is 0 Å². The van der Waals surface area contributed by atoms with Gasteiger partial charge in [-0.1, -0.05) is 57.2 Å². The zero-order chi connectivity index (χ0) is 22.4. The van der Waals surface area contributed by atoms with Crippen molar-refractivity contribution in [2.75, 3.05) is 6.61 Å². The zero-order valence-corrected chi connectivity index (χ0v) is 21.5. The molecule has 0 saturated carbocycles. The third kappa shape index (κ3) is 6.90. The van der Waals surface area contributed by atoms with E-state index in [9.17, 15) is 0 Å². The van der Waals surface area contributed by atoms with Gasteiger partial charge in [0.15, 0.2) is 0 Å². The molecular formula is C23H31ClN4OSSi. The van der Waals surface area contributed by atoms with E-state index in [-0.39, 0.29) is 0 Å². The van der Waals surface area contributed by atoms with E-state index >= 15 is 0 Å². The highest BCUT2D eigenvalue weighted by Crippen LogP contribution is 2.34. The Morgan fingerprint density at radius 1 is 1.13 bits per heavy atom. The topological polar surface area (TPSA) is 52.8 Å². The molecule has 0 spiro atoms. The van der Waals surface area contributed by atoms with E-state index in [0.717, 1.165) is 46.9 Å². The van der Waals surface area contributed by atoms with Crippen LogP contribution in [0.15, 0.2) is 42.9 Å². The number of benzene rings is 1. The van der Waals surface area contributed by atoms with Crippen molar-refractivity contribution in [3.05, 3.63) is 53.7 Å². The fourth-order valence-electron chi connectivity index (χ4n) is 3.02. The van der Waals surface area contributed by atoms with Crippen LogP contribution in [0.2, 0.25) is 30.7 Å². The predicted molar refractivity (Wildman–Crippen MR) is 134 cm³/mol. The second-order valence-corrected chi connectivity index (χ2v) is 16.6. The van der Waals surface area contributed by atoms with Crippen LogP contribution >= 0.6 is 23.4 Å². The van der Waals surface area contributed by atoms with Crippen molar-refractivity contribution in [1.29, 1.82) is 0 Å². The van der Waals surface area contributed by atoms with Crippen molar-refractivity contribution in [3.63, 3.8) is 0 Å². The molecule has 0 saturated heterocycles. The molecule has 0 amide bonds. The van der Waals surface area contributed by atoms with Crippen molar-refractivity contribution in [2.45, 2.75) is 57.3 Å². The van der Waals surface area contributed by atoms with Crippen molar-refractivity contribution in [2.24, 2.45) is 0 Å². The number of rotatable bonds is 10. The first kappa shape index (κ1) is 24.0. The third-order valence-corrected chi connectivity index (χ3v) is 7.80. The highest BCUT2D eigenvalue weighted by atomic mass is 35.5. The van der Waals surface area contributed by atoms with Crippen LogP contribution in [0.1, 0.15) is 19.7 Å². The minimum atomic E-state index is -1.16. The Kier molecular flexibility index (Phi) is 8.33. The van der Waals surface area contributed by atoms with Gasteiger partial charge in [-0.15, -0.1) is 0 Å². The normalized spacial score (nSPS) is 12.0. The van der Waals surface area contributed by atoms with Crippen LogP contribution in [-0.2, 0) is 17.2 Å². The van der Waals surface area contributed by atoms with E-state index in [0.29, 0.717) is 17.0 Å². The van der Waals surface area contributed by atoms with Crippen LogP contribution in [0.5, 0.6) is 0 Å². The average molecular weight is 475 g/mol. The predicted octanol–water partition coefficient (Wildman–Crippen LogP) is 6.61. The largest absolute Gasteiger partial charge is 0.361 e. The fourth-order valence-corrected chi connectivity index (χ4v) is 4.61. The summed E-state index contributed by atoms with van der Waals surface area (Å²) in [5.41, 5.74) is 3.69. The molecule has 2 heterocycles. The summed E-state index contributed by atoms with van der Waals surface area (Å²) < 4.78 is 8.33. The van der Waals surface area contributed by atoms with E-state index in [2.05, 4.69) is 48.0 Å². The first-order valence-electron chi connectivity index (χ1n) is 10.6. The second kappa shape index (κ2) is 10.8. The molecule has 0 N–H and O–H groups in total. The minimum Gasteiger partial charge on any atom is -0.361 e. The van der Waals surface area contributed by atoms with Gasteiger partial charge in [0.1, 0.15) is 18.9 Å². The van der Waals surface area contributed by atoms with Crippen LogP contribution in [0.25, 0.3) is 22.6 Å². The average Bonchev–Trinajstić information content (AvgIpc) is 3.08. The number of halogens is 1. The minimum absolute atomic E-state index is 0.457. The second-order valence-electron chi connectivity index (χ2n) is 8.96. The van der Waals surface area contributed by atoms with Gasteiger partial charge in [-0.05, 0) is 29.5 Å². The Hall–Kier alpha value is -1.67. The maximum atomic E-state index is 6.16. The Labute approximate surface area is 195 Å². The van der Waals surface area contributed by atoms with E-state index < -0.39 is 8.07 Å². The molecule has 0 radical (unpaired) electrons. The monoisotopic (exact) mass is 474 g/mol. The standard InChI is InChI=1S/C23H31ClN4OSSi/c1-17(2)30-14-21-27-22(18-6-8-19(24)9-7-18)23(20-10-11-25-15-26-20)28(21)16-29-12-13-31(3,4)5/h6-11,15,17H,12-14,16H2,1-5H3. The summed E-state index contributed by atoms with van der Waals surface area (Å²) in [6, 6.07) is 10.9. The molecule has 3 aromatic rings. The zero-order valence-electron chi connectivity index (χ0n) is 18.9. The van der Waals surface area contributed by atoms with Crippen LogP contribution < -0.4 is 0 Å². The first-order valence-corrected chi connectivity index (χ1v) is 15.7. The van der Waals surface area contributed by atoms with Gasteiger partial charge in [0, 0.05) is 31.5 Å². The van der Waals surface area contributed by atoms with E-state index in [4.69, 9.17) is 21.3 Å². The molecule has 5 nitrogen and oxygen atoms in total. The smallest absolute Gasteiger partial charge is 0.124 e. The number of thioether (sulfide) groups is 1. The summed E-state index contributed by atoms with van der Waals surface area (Å²) in [5.74, 6) is 1.80. The van der Waals surface area contributed by atoms with E-state index in [1.54, 1.807) is 12.5 Å². The summed E-state index contributed by atoms with van der Waals surface area (Å²) in [6.45, 7) is 12.7. The lowest BCUT2D eigenvalue weighted by Gasteiger charge is -2.17. The molecule has 0 aliphatic heterocycles. The summed E-state index contributed by atoms with van der Waals surface area (Å²) in [4.78, 5) is 13.7. The van der Waals surface area contributed by atoms with Gasteiger partial charge in [-0.2, -0.15) is 11.8 Å². The van der Waals surface area contributed by atoms with Crippen LogP contribution in [0.3, 0.4) is 0 Å². The summed E-state index contributed by atoms with van der Waals surface area (Å²) >= 11 is 8.00. The first-order chi connectivity index (χ1) is 14.7. The van der Waals surface area contributed by atoms with Crippen LogP contribution in [-0.4, -0.2) is 39.4 Å². The molecule has 1 aromatic carbocycles. The lowest BCUT2D eigenvalue weighted by Crippen LogP contribution is -2.22. The molecule has 0 bridgehead atoms. The number of hydrogen-bond donors (Lipinski definition) is 0. The lowest BCUT2D eigenvalue weighted by atomic mass is 10.1. The van der Waals surface area contributed by atoms with Gasteiger partial charge in [0.2, 0.25) is 0 Å². The van der Waals surface area contributed by atoms with Crippen molar-refractivity contribution in [3.8, 4) is 22.6 Å². The molecule has 166 valence electrons. The maximum absolute atomic E-state index is 6.16. The number of ether oxygens (including phenoxy) is 1. The Morgan fingerprint density at radius 2 is 1.87 bits per heavy atom.